The van der Waals surface area contributed by atoms with E-state index in [2.05, 4.69) is 10.2 Å². The number of hydrogen-bond acceptors (Lipinski definition) is 4. The van der Waals surface area contributed by atoms with Crippen molar-refractivity contribution in [1.29, 1.82) is 0 Å². The molecule has 1 fully saturated rings. The zero-order valence-electron chi connectivity index (χ0n) is 15.4. The van der Waals surface area contributed by atoms with Gasteiger partial charge in [0.2, 0.25) is 5.91 Å². The zero-order chi connectivity index (χ0) is 20.5. The molecule has 1 aromatic heterocycles. The lowest BCUT2D eigenvalue weighted by Crippen LogP contribution is -2.48. The molecule has 2 aliphatic rings. The maximum atomic E-state index is 13.8. The van der Waals surface area contributed by atoms with Gasteiger partial charge in [-0.05, 0) is 36.6 Å². The molecule has 5 nitrogen and oxygen atoms in total. The smallest absolute Gasteiger partial charge is 0.250 e. The minimum absolute atomic E-state index is 0.0497. The van der Waals surface area contributed by atoms with Crippen LogP contribution in [0.3, 0.4) is 0 Å². The van der Waals surface area contributed by atoms with Crippen molar-refractivity contribution in [1.82, 2.24) is 9.47 Å². The highest BCUT2D eigenvalue weighted by molar-refractivity contribution is 8.23. The third-order valence-corrected chi connectivity index (χ3v) is 7.03. The van der Waals surface area contributed by atoms with Crippen molar-refractivity contribution in [3.8, 4) is 0 Å². The Morgan fingerprint density at radius 3 is 2.90 bits per heavy atom. The summed E-state index contributed by atoms with van der Waals surface area (Å²) in [5.74, 6) is -0.185. The van der Waals surface area contributed by atoms with Crippen LogP contribution in [0.4, 0.5) is 10.1 Å². The number of halogens is 2. The van der Waals surface area contributed by atoms with Gasteiger partial charge < -0.3 is 14.8 Å². The Kier molecular flexibility index (Phi) is 5.94. The minimum Gasteiger partial charge on any atom is -0.356 e. The predicted octanol–water partition coefficient (Wildman–Crippen LogP) is 3.72. The standard InChI is InChI=1S/C20H19ClFN3O2S2/c21-14-4-5-16(15(22)7-14)23-18(26)11-29-20(28)24-8-12-6-13(10-24)17-2-1-3-19(27)25(17)9-12/h1-5,7,12-13H,6,8-11H2,(H,23,26)/t12-,13+/m0/s1. The largest absolute Gasteiger partial charge is 0.356 e. The number of rotatable bonds is 3. The molecule has 4 rings (SSSR count). The highest BCUT2D eigenvalue weighted by Gasteiger charge is 2.35. The van der Waals surface area contributed by atoms with Crippen LogP contribution in [0.1, 0.15) is 18.0 Å². The van der Waals surface area contributed by atoms with E-state index in [-0.39, 0.29) is 33.8 Å². The van der Waals surface area contributed by atoms with Crippen LogP contribution >= 0.6 is 35.6 Å². The second-order valence-corrected chi connectivity index (χ2v) is 9.38. The van der Waals surface area contributed by atoms with E-state index in [1.54, 1.807) is 12.1 Å². The Labute approximate surface area is 182 Å². The van der Waals surface area contributed by atoms with Crippen molar-refractivity contribution in [2.24, 2.45) is 5.92 Å². The van der Waals surface area contributed by atoms with Crippen molar-refractivity contribution in [3.63, 3.8) is 0 Å². The normalized spacial score (nSPS) is 20.1. The first kappa shape index (κ1) is 20.4. The molecule has 1 aromatic carbocycles. The fourth-order valence-electron chi connectivity index (χ4n) is 4.04. The van der Waals surface area contributed by atoms with E-state index in [9.17, 15) is 14.0 Å². The van der Waals surface area contributed by atoms with Crippen LogP contribution in [-0.4, -0.2) is 38.5 Å². The number of carbonyl (C=O) groups is 1. The molecule has 0 saturated carbocycles. The fraction of sp³-hybridized carbons (Fsp3) is 0.350. The fourth-order valence-corrected chi connectivity index (χ4v) is 5.18. The maximum Gasteiger partial charge on any atom is 0.250 e. The van der Waals surface area contributed by atoms with Crippen LogP contribution in [0, 0.1) is 11.7 Å². The number of carbonyl (C=O) groups excluding carboxylic acids is 1. The summed E-state index contributed by atoms with van der Waals surface area (Å²) in [4.78, 5) is 26.4. The number of amides is 1. The molecule has 1 saturated heterocycles. The molecule has 0 radical (unpaired) electrons. The number of hydrogen-bond donors (Lipinski definition) is 1. The van der Waals surface area contributed by atoms with Gasteiger partial charge in [0.1, 0.15) is 10.1 Å². The molecule has 3 heterocycles. The van der Waals surface area contributed by atoms with E-state index in [0.717, 1.165) is 31.3 Å². The van der Waals surface area contributed by atoms with Gasteiger partial charge in [-0.3, -0.25) is 9.59 Å². The molecule has 2 bridgehead atoms. The van der Waals surface area contributed by atoms with Crippen LogP contribution in [0.5, 0.6) is 0 Å². The molecule has 0 aliphatic carbocycles. The van der Waals surface area contributed by atoms with E-state index >= 15 is 0 Å². The van der Waals surface area contributed by atoms with Gasteiger partial charge in [-0.2, -0.15) is 0 Å². The number of nitrogens with zero attached hydrogens (tertiary/aromatic N) is 2. The van der Waals surface area contributed by atoms with Gasteiger partial charge in [0.15, 0.2) is 0 Å². The van der Waals surface area contributed by atoms with Gasteiger partial charge >= 0.3 is 0 Å². The zero-order valence-corrected chi connectivity index (χ0v) is 17.8. The van der Waals surface area contributed by atoms with E-state index in [0.29, 0.717) is 16.8 Å². The minimum atomic E-state index is -0.573. The van der Waals surface area contributed by atoms with Crippen molar-refractivity contribution in [3.05, 3.63) is 63.3 Å². The molecule has 29 heavy (non-hydrogen) atoms. The van der Waals surface area contributed by atoms with E-state index < -0.39 is 5.82 Å². The third-order valence-electron chi connectivity index (χ3n) is 5.27. The summed E-state index contributed by atoms with van der Waals surface area (Å²) in [6.07, 6.45) is 1.05. The van der Waals surface area contributed by atoms with Gasteiger partial charge in [-0.25, -0.2) is 4.39 Å². The van der Waals surface area contributed by atoms with Gasteiger partial charge in [0.25, 0.3) is 5.56 Å². The molecule has 2 atom stereocenters. The van der Waals surface area contributed by atoms with Crippen molar-refractivity contribution in [2.45, 2.75) is 18.9 Å². The average Bonchev–Trinajstić information content (AvgIpc) is 2.69. The van der Waals surface area contributed by atoms with Crippen molar-refractivity contribution < 1.29 is 9.18 Å². The van der Waals surface area contributed by atoms with Crippen LogP contribution in [0.2, 0.25) is 5.02 Å². The Bertz CT molecular complexity index is 1030. The Hall–Kier alpha value is -1.90. The highest BCUT2D eigenvalue weighted by Crippen LogP contribution is 2.36. The molecule has 152 valence electrons. The molecular weight excluding hydrogens is 433 g/mol. The molecule has 0 spiro atoms. The molecule has 9 heteroatoms. The van der Waals surface area contributed by atoms with Crippen LogP contribution in [-0.2, 0) is 11.3 Å². The van der Waals surface area contributed by atoms with E-state index in [4.69, 9.17) is 23.8 Å². The average molecular weight is 452 g/mol. The topological polar surface area (TPSA) is 54.3 Å². The quantitative estimate of drug-likeness (QED) is 0.721. The van der Waals surface area contributed by atoms with Crippen molar-refractivity contribution >= 4 is 51.5 Å². The lowest BCUT2D eigenvalue weighted by atomic mass is 9.83. The number of aromatic nitrogens is 1. The van der Waals surface area contributed by atoms with Crippen LogP contribution < -0.4 is 10.9 Å². The number of nitrogens with one attached hydrogen (secondary N) is 1. The lowest BCUT2D eigenvalue weighted by Gasteiger charge is -2.43. The summed E-state index contributed by atoms with van der Waals surface area (Å²) in [5, 5.41) is 2.82. The molecule has 2 aliphatic heterocycles. The van der Waals surface area contributed by atoms with Crippen molar-refractivity contribution in [2.75, 3.05) is 24.2 Å². The SMILES string of the molecule is O=C(CSC(=S)N1C[C@@H]2C[C@H](C1)c1cccc(=O)n1C2)Nc1ccc(Cl)cc1F. The summed E-state index contributed by atoms with van der Waals surface area (Å²) in [5.41, 5.74) is 1.20. The van der Waals surface area contributed by atoms with Crippen LogP contribution in [0.15, 0.2) is 41.2 Å². The lowest BCUT2D eigenvalue weighted by molar-refractivity contribution is -0.113. The predicted molar refractivity (Wildman–Crippen MR) is 118 cm³/mol. The Morgan fingerprint density at radius 1 is 1.28 bits per heavy atom. The number of anilines is 1. The van der Waals surface area contributed by atoms with Gasteiger partial charge in [-0.15, -0.1) is 0 Å². The summed E-state index contributed by atoms with van der Waals surface area (Å²) >= 11 is 12.5. The first-order valence-corrected chi connectivity index (χ1v) is 11.0. The maximum absolute atomic E-state index is 13.8. The summed E-state index contributed by atoms with van der Waals surface area (Å²) in [6.45, 7) is 2.21. The number of pyridine rings is 1. The molecule has 2 aromatic rings. The summed E-state index contributed by atoms with van der Waals surface area (Å²) in [7, 11) is 0. The summed E-state index contributed by atoms with van der Waals surface area (Å²) < 4.78 is 16.3. The van der Waals surface area contributed by atoms with Gasteiger partial charge in [-0.1, -0.05) is 41.6 Å². The second kappa shape index (κ2) is 8.45. The first-order chi connectivity index (χ1) is 13.9. The number of benzene rings is 1. The first-order valence-electron chi connectivity index (χ1n) is 9.27. The molecular formula is C20H19ClFN3O2S2. The number of likely N-dealkylation sites (tertiary alicyclic amines) is 1. The molecule has 0 unspecified atom stereocenters. The second-order valence-electron chi connectivity index (χ2n) is 7.33. The monoisotopic (exact) mass is 451 g/mol. The van der Waals surface area contributed by atoms with E-state index in [1.807, 2.05) is 10.6 Å². The number of piperidine rings is 1. The van der Waals surface area contributed by atoms with Gasteiger partial charge in [0, 0.05) is 42.3 Å². The van der Waals surface area contributed by atoms with Gasteiger partial charge in [0.05, 0.1) is 11.4 Å². The Morgan fingerprint density at radius 2 is 2.10 bits per heavy atom. The van der Waals surface area contributed by atoms with E-state index in [1.165, 1.54) is 23.9 Å². The molecule has 1 N–H and O–H groups in total. The number of thiocarbonyl (C=S) groups is 1. The highest BCUT2D eigenvalue weighted by atomic mass is 35.5. The third kappa shape index (κ3) is 4.49. The molecule has 1 amide bonds. The number of fused-ring (bicyclic) bond motifs is 4. The summed E-state index contributed by atoms with van der Waals surface area (Å²) in [6, 6.07) is 9.53. The number of thioether (sulfide) groups is 1. The van der Waals surface area contributed by atoms with Crippen LogP contribution in [0.25, 0.3) is 0 Å². The Balaban J connectivity index is 1.35.